The van der Waals surface area contributed by atoms with Crippen molar-refractivity contribution in [3.8, 4) is 11.9 Å². The summed E-state index contributed by atoms with van der Waals surface area (Å²) in [6, 6.07) is 5.26. The fourth-order valence-corrected chi connectivity index (χ4v) is 1.29. The van der Waals surface area contributed by atoms with Crippen molar-refractivity contribution in [2.75, 3.05) is 12.3 Å². The Kier molecular flexibility index (Phi) is 4.59. The second kappa shape index (κ2) is 5.96. The summed E-state index contributed by atoms with van der Waals surface area (Å²) >= 11 is 0. The van der Waals surface area contributed by atoms with E-state index < -0.39 is 0 Å². The van der Waals surface area contributed by atoms with Crippen LogP contribution in [0.4, 0.5) is 5.69 Å². The second-order valence-corrected chi connectivity index (χ2v) is 4.08. The fourth-order valence-electron chi connectivity index (χ4n) is 1.29. The molecule has 1 aromatic heterocycles. The Morgan fingerprint density at radius 1 is 1.50 bits per heavy atom. The first-order valence-corrected chi connectivity index (χ1v) is 5.43. The summed E-state index contributed by atoms with van der Waals surface area (Å²) in [6.45, 7) is 4.98. The van der Waals surface area contributed by atoms with Crippen LogP contribution in [0.1, 0.15) is 32.4 Å². The second-order valence-electron chi connectivity index (χ2n) is 4.08. The molecular weight excluding hydrogens is 202 g/mol. The van der Waals surface area contributed by atoms with E-state index in [4.69, 9.17) is 15.7 Å². The molecule has 0 aliphatic heterocycles. The summed E-state index contributed by atoms with van der Waals surface area (Å²) in [6.07, 6.45) is 2.12. The number of nitrogens with two attached hydrogens (primary N) is 1. The highest BCUT2D eigenvalue weighted by Crippen LogP contribution is 2.14. The van der Waals surface area contributed by atoms with Gasteiger partial charge >= 0.3 is 0 Å². The third-order valence-corrected chi connectivity index (χ3v) is 2.18. The number of nitrogens with zero attached hydrogens (tertiary/aromatic N) is 2. The van der Waals surface area contributed by atoms with E-state index in [-0.39, 0.29) is 5.69 Å². The predicted octanol–water partition coefficient (Wildman–Crippen LogP) is 2.35. The van der Waals surface area contributed by atoms with Gasteiger partial charge in [-0.1, -0.05) is 13.8 Å². The zero-order chi connectivity index (χ0) is 12.0. The third kappa shape index (κ3) is 3.77. The summed E-state index contributed by atoms with van der Waals surface area (Å²) in [5.41, 5.74) is 6.16. The molecule has 2 N–H and O–H groups in total. The van der Waals surface area contributed by atoms with Gasteiger partial charge < -0.3 is 10.5 Å². The van der Waals surface area contributed by atoms with Gasteiger partial charge in [-0.2, -0.15) is 5.26 Å². The van der Waals surface area contributed by atoms with Crippen molar-refractivity contribution >= 4 is 5.69 Å². The highest BCUT2D eigenvalue weighted by atomic mass is 16.5. The molecule has 1 rings (SSSR count). The maximum absolute atomic E-state index is 8.74. The smallest absolute Gasteiger partial charge is 0.214 e. The molecule has 0 aliphatic rings. The SMILES string of the molecule is CC(C)CCCOc1ccc(N)c(C#N)n1. The van der Waals surface area contributed by atoms with E-state index in [2.05, 4.69) is 18.8 Å². The van der Waals surface area contributed by atoms with Gasteiger partial charge in [-0.05, 0) is 24.8 Å². The Balaban J connectivity index is 2.46. The molecule has 0 aromatic carbocycles. The molecule has 0 atom stereocenters. The van der Waals surface area contributed by atoms with Crippen LogP contribution in [0.15, 0.2) is 12.1 Å². The summed E-state index contributed by atoms with van der Waals surface area (Å²) in [4.78, 5) is 4.00. The van der Waals surface area contributed by atoms with Crippen molar-refractivity contribution in [2.45, 2.75) is 26.7 Å². The highest BCUT2D eigenvalue weighted by molar-refractivity contribution is 5.50. The van der Waals surface area contributed by atoms with Crippen molar-refractivity contribution in [1.82, 2.24) is 4.98 Å². The minimum atomic E-state index is 0.223. The molecule has 16 heavy (non-hydrogen) atoms. The monoisotopic (exact) mass is 219 g/mol. The number of nitrogen functional groups attached to an aromatic ring is 1. The predicted molar refractivity (Wildman–Crippen MR) is 62.9 cm³/mol. The first-order chi connectivity index (χ1) is 7.63. The molecule has 86 valence electrons. The quantitative estimate of drug-likeness (QED) is 0.771. The van der Waals surface area contributed by atoms with Gasteiger partial charge in [0, 0.05) is 6.07 Å². The van der Waals surface area contributed by atoms with Crippen molar-refractivity contribution in [3.05, 3.63) is 17.8 Å². The van der Waals surface area contributed by atoms with Crippen LogP contribution in [-0.4, -0.2) is 11.6 Å². The van der Waals surface area contributed by atoms with Gasteiger partial charge in [0.2, 0.25) is 5.88 Å². The average molecular weight is 219 g/mol. The lowest BCUT2D eigenvalue weighted by Gasteiger charge is -2.07. The third-order valence-electron chi connectivity index (χ3n) is 2.18. The number of pyridine rings is 1. The fraction of sp³-hybridized carbons (Fsp3) is 0.500. The number of ether oxygens (including phenoxy) is 1. The van der Waals surface area contributed by atoms with E-state index in [1.165, 1.54) is 0 Å². The number of rotatable bonds is 5. The number of nitriles is 1. The molecule has 0 unspecified atom stereocenters. The van der Waals surface area contributed by atoms with Crippen molar-refractivity contribution in [1.29, 1.82) is 5.26 Å². The molecule has 0 bridgehead atoms. The number of anilines is 1. The number of aromatic nitrogens is 1. The molecule has 0 spiro atoms. The molecule has 1 aromatic rings. The molecule has 0 saturated carbocycles. The van der Waals surface area contributed by atoms with Crippen molar-refractivity contribution in [3.63, 3.8) is 0 Å². The Bertz CT molecular complexity index is 382. The molecular formula is C12H17N3O. The summed E-state index contributed by atoms with van der Waals surface area (Å²) in [7, 11) is 0. The molecule has 0 saturated heterocycles. The van der Waals surface area contributed by atoms with Crippen LogP contribution in [0.2, 0.25) is 0 Å². The maximum Gasteiger partial charge on any atom is 0.214 e. The minimum absolute atomic E-state index is 0.223. The summed E-state index contributed by atoms with van der Waals surface area (Å²) in [5.74, 6) is 1.15. The summed E-state index contributed by atoms with van der Waals surface area (Å²) < 4.78 is 5.44. The first-order valence-electron chi connectivity index (χ1n) is 5.43. The van der Waals surface area contributed by atoms with E-state index in [0.717, 1.165) is 12.8 Å². The Labute approximate surface area is 96.1 Å². The van der Waals surface area contributed by atoms with Gasteiger partial charge in [0.1, 0.15) is 6.07 Å². The Hall–Kier alpha value is -1.76. The Morgan fingerprint density at radius 3 is 2.88 bits per heavy atom. The number of hydrogen-bond acceptors (Lipinski definition) is 4. The van der Waals surface area contributed by atoms with Crippen molar-refractivity contribution < 1.29 is 4.74 Å². The van der Waals surface area contributed by atoms with Gasteiger partial charge in [0.15, 0.2) is 5.69 Å². The minimum Gasteiger partial charge on any atom is -0.478 e. The van der Waals surface area contributed by atoms with E-state index in [0.29, 0.717) is 24.1 Å². The molecule has 1 heterocycles. The summed E-state index contributed by atoms with van der Waals surface area (Å²) in [5, 5.41) is 8.74. The molecule has 0 fully saturated rings. The average Bonchev–Trinajstić information content (AvgIpc) is 2.26. The highest BCUT2D eigenvalue weighted by Gasteiger charge is 2.02. The topological polar surface area (TPSA) is 71.9 Å². The van der Waals surface area contributed by atoms with E-state index in [1.807, 2.05) is 6.07 Å². The van der Waals surface area contributed by atoms with Crippen LogP contribution in [0, 0.1) is 17.2 Å². The lowest BCUT2D eigenvalue weighted by Crippen LogP contribution is -2.02. The van der Waals surface area contributed by atoms with Gasteiger partial charge in [0.05, 0.1) is 12.3 Å². The van der Waals surface area contributed by atoms with Crippen LogP contribution < -0.4 is 10.5 Å². The van der Waals surface area contributed by atoms with E-state index in [1.54, 1.807) is 12.1 Å². The molecule has 4 nitrogen and oxygen atoms in total. The van der Waals surface area contributed by atoms with E-state index in [9.17, 15) is 0 Å². The van der Waals surface area contributed by atoms with Crippen LogP contribution in [0.25, 0.3) is 0 Å². The van der Waals surface area contributed by atoms with Gasteiger partial charge in [0.25, 0.3) is 0 Å². The normalized spacial score (nSPS) is 10.1. The van der Waals surface area contributed by atoms with Crippen LogP contribution >= 0.6 is 0 Å². The largest absolute Gasteiger partial charge is 0.478 e. The molecule has 0 amide bonds. The maximum atomic E-state index is 8.74. The molecule has 4 heteroatoms. The van der Waals surface area contributed by atoms with Crippen LogP contribution in [0.5, 0.6) is 5.88 Å². The van der Waals surface area contributed by atoms with Crippen LogP contribution in [0.3, 0.4) is 0 Å². The molecule has 0 aliphatic carbocycles. The first kappa shape index (κ1) is 12.3. The van der Waals surface area contributed by atoms with Crippen LogP contribution in [-0.2, 0) is 0 Å². The standard InChI is InChI=1S/C12H17N3O/c1-9(2)4-3-7-16-12-6-5-10(14)11(8-13)15-12/h5-6,9H,3-4,7,14H2,1-2H3. The van der Waals surface area contributed by atoms with Gasteiger partial charge in [-0.25, -0.2) is 4.98 Å². The van der Waals surface area contributed by atoms with Gasteiger partial charge in [-0.15, -0.1) is 0 Å². The van der Waals surface area contributed by atoms with Crippen molar-refractivity contribution in [2.24, 2.45) is 5.92 Å². The van der Waals surface area contributed by atoms with E-state index >= 15 is 0 Å². The molecule has 0 radical (unpaired) electrons. The van der Waals surface area contributed by atoms with Gasteiger partial charge in [-0.3, -0.25) is 0 Å². The lowest BCUT2D eigenvalue weighted by molar-refractivity contribution is 0.287. The lowest BCUT2D eigenvalue weighted by atomic mass is 10.1. The zero-order valence-electron chi connectivity index (χ0n) is 9.73. The zero-order valence-corrected chi connectivity index (χ0v) is 9.73. The Morgan fingerprint density at radius 2 is 2.25 bits per heavy atom. The number of hydrogen-bond donors (Lipinski definition) is 1.